The zero-order valence-corrected chi connectivity index (χ0v) is 13.6. The summed E-state index contributed by atoms with van der Waals surface area (Å²) in [5.74, 6) is 1.75. The van der Waals surface area contributed by atoms with Crippen molar-refractivity contribution < 1.29 is 4.74 Å². The van der Waals surface area contributed by atoms with Gasteiger partial charge in [-0.05, 0) is 47.9 Å². The van der Waals surface area contributed by atoms with E-state index >= 15 is 0 Å². The number of thiophene rings is 1. The quantitative estimate of drug-likeness (QED) is 0.640. The number of fused-ring (bicyclic) bond motifs is 1. The van der Waals surface area contributed by atoms with Gasteiger partial charge in [0.1, 0.15) is 11.6 Å². The number of nitrogens with zero attached hydrogens (tertiary/aromatic N) is 2. The van der Waals surface area contributed by atoms with E-state index in [0.29, 0.717) is 0 Å². The van der Waals surface area contributed by atoms with Crippen molar-refractivity contribution in [2.45, 2.75) is 25.3 Å². The molecular formula is C16H17ClN2OS. The van der Waals surface area contributed by atoms with Crippen molar-refractivity contribution in [3.8, 4) is 5.75 Å². The molecule has 2 aromatic heterocycles. The Balaban J connectivity index is 2.01. The van der Waals surface area contributed by atoms with E-state index in [4.69, 9.17) is 16.3 Å². The van der Waals surface area contributed by atoms with Crippen LogP contribution in [0.2, 0.25) is 0 Å². The molecule has 1 aromatic carbocycles. The molecule has 110 valence electrons. The average Bonchev–Trinajstić information content (AvgIpc) is 3.11. The van der Waals surface area contributed by atoms with Gasteiger partial charge in [-0.25, -0.2) is 4.98 Å². The predicted molar refractivity (Wildman–Crippen MR) is 88.6 cm³/mol. The molecule has 5 heteroatoms. The number of aryl methyl sites for hydroxylation is 2. The summed E-state index contributed by atoms with van der Waals surface area (Å²) in [7, 11) is 1.68. The number of aromatic nitrogens is 2. The van der Waals surface area contributed by atoms with Crippen LogP contribution in [0.3, 0.4) is 0 Å². The highest BCUT2D eigenvalue weighted by atomic mass is 35.5. The van der Waals surface area contributed by atoms with Gasteiger partial charge in [-0.2, -0.15) is 11.3 Å². The van der Waals surface area contributed by atoms with E-state index < -0.39 is 0 Å². The molecule has 0 aliphatic heterocycles. The lowest BCUT2D eigenvalue weighted by Gasteiger charge is -2.10. The van der Waals surface area contributed by atoms with E-state index in [1.807, 2.05) is 25.1 Å². The Kier molecular flexibility index (Phi) is 4.17. The second kappa shape index (κ2) is 6.08. The minimum Gasteiger partial charge on any atom is -0.497 e. The molecule has 0 amide bonds. The molecule has 0 bridgehead atoms. The van der Waals surface area contributed by atoms with Crippen LogP contribution in [0, 0.1) is 0 Å². The van der Waals surface area contributed by atoms with Crippen LogP contribution in [0.5, 0.6) is 5.75 Å². The summed E-state index contributed by atoms with van der Waals surface area (Å²) in [6, 6.07) is 8.10. The largest absolute Gasteiger partial charge is 0.497 e. The van der Waals surface area contributed by atoms with Gasteiger partial charge in [0.05, 0.1) is 23.5 Å². The van der Waals surface area contributed by atoms with Crippen LogP contribution in [-0.4, -0.2) is 16.7 Å². The summed E-state index contributed by atoms with van der Waals surface area (Å²) in [6.45, 7) is 2.83. The van der Waals surface area contributed by atoms with Gasteiger partial charge >= 0.3 is 0 Å². The molecule has 0 aliphatic carbocycles. The molecule has 0 aliphatic rings. The SMILES string of the molecule is COc1ccc2nc(C(C)Cl)n(CCc3ccsc3)c2c1. The second-order valence-electron chi connectivity index (χ2n) is 4.97. The van der Waals surface area contributed by atoms with Crippen LogP contribution in [-0.2, 0) is 13.0 Å². The van der Waals surface area contributed by atoms with Gasteiger partial charge in [0.15, 0.2) is 0 Å². The number of hydrogen-bond donors (Lipinski definition) is 0. The first kappa shape index (κ1) is 14.4. The van der Waals surface area contributed by atoms with Gasteiger partial charge in [-0.1, -0.05) is 0 Å². The van der Waals surface area contributed by atoms with Crippen LogP contribution in [0.25, 0.3) is 11.0 Å². The maximum atomic E-state index is 6.30. The molecule has 1 atom stereocenters. The summed E-state index contributed by atoms with van der Waals surface area (Å²) in [5, 5.41) is 4.17. The van der Waals surface area contributed by atoms with E-state index in [1.165, 1.54) is 5.56 Å². The summed E-state index contributed by atoms with van der Waals surface area (Å²) in [6.07, 6.45) is 0.975. The van der Waals surface area contributed by atoms with Crippen molar-refractivity contribution in [2.24, 2.45) is 0 Å². The highest BCUT2D eigenvalue weighted by Crippen LogP contribution is 2.27. The fourth-order valence-corrected chi connectivity index (χ4v) is 3.33. The normalized spacial score (nSPS) is 12.7. The molecule has 0 fully saturated rings. The van der Waals surface area contributed by atoms with Gasteiger partial charge in [0.2, 0.25) is 0 Å². The molecule has 1 unspecified atom stereocenters. The number of alkyl halides is 1. The first-order chi connectivity index (χ1) is 10.2. The Morgan fingerprint density at radius 2 is 2.24 bits per heavy atom. The Bertz CT molecular complexity index is 734. The first-order valence-electron chi connectivity index (χ1n) is 6.88. The fourth-order valence-electron chi connectivity index (χ4n) is 2.46. The monoisotopic (exact) mass is 320 g/mol. The average molecular weight is 321 g/mol. The number of ether oxygens (including phenoxy) is 1. The fraction of sp³-hybridized carbons (Fsp3) is 0.312. The number of benzene rings is 1. The van der Waals surface area contributed by atoms with E-state index in [9.17, 15) is 0 Å². The third-order valence-electron chi connectivity index (χ3n) is 3.54. The van der Waals surface area contributed by atoms with Crippen LogP contribution in [0.15, 0.2) is 35.0 Å². The Hall–Kier alpha value is -1.52. The van der Waals surface area contributed by atoms with Crippen LogP contribution in [0.4, 0.5) is 0 Å². The van der Waals surface area contributed by atoms with Crippen molar-refractivity contribution in [2.75, 3.05) is 7.11 Å². The molecule has 21 heavy (non-hydrogen) atoms. The van der Waals surface area contributed by atoms with Crippen molar-refractivity contribution in [1.29, 1.82) is 0 Å². The van der Waals surface area contributed by atoms with Gasteiger partial charge in [-0.3, -0.25) is 0 Å². The summed E-state index contributed by atoms with van der Waals surface area (Å²) < 4.78 is 7.53. The molecule has 0 N–H and O–H groups in total. The lowest BCUT2D eigenvalue weighted by molar-refractivity contribution is 0.415. The summed E-state index contributed by atoms with van der Waals surface area (Å²) in [5.41, 5.74) is 3.38. The highest BCUT2D eigenvalue weighted by molar-refractivity contribution is 7.07. The Morgan fingerprint density at radius 3 is 2.90 bits per heavy atom. The van der Waals surface area contributed by atoms with Crippen molar-refractivity contribution in [1.82, 2.24) is 9.55 Å². The van der Waals surface area contributed by atoms with Crippen LogP contribution >= 0.6 is 22.9 Å². The molecule has 3 rings (SSSR count). The maximum absolute atomic E-state index is 6.30. The predicted octanol–water partition coefficient (Wildman–Crippen LogP) is 4.65. The number of hydrogen-bond acceptors (Lipinski definition) is 3. The van der Waals surface area contributed by atoms with Gasteiger partial charge in [0.25, 0.3) is 0 Å². The first-order valence-corrected chi connectivity index (χ1v) is 8.26. The standard InChI is InChI=1S/C16H17ClN2OS/c1-11(17)16-18-14-4-3-13(20-2)9-15(14)19(16)7-5-12-6-8-21-10-12/h3-4,6,8-11H,5,7H2,1-2H3. The van der Waals surface area contributed by atoms with Crippen LogP contribution in [0.1, 0.15) is 23.7 Å². The molecule has 3 aromatic rings. The minimum absolute atomic E-state index is 0.120. The zero-order valence-electron chi connectivity index (χ0n) is 12.0. The summed E-state index contributed by atoms with van der Waals surface area (Å²) >= 11 is 8.03. The molecule has 3 nitrogen and oxygen atoms in total. The lowest BCUT2D eigenvalue weighted by Crippen LogP contribution is -2.06. The van der Waals surface area contributed by atoms with Gasteiger partial charge in [-0.15, -0.1) is 11.6 Å². The molecule has 0 saturated heterocycles. The molecule has 0 saturated carbocycles. The Labute approximate surface area is 133 Å². The van der Waals surface area contributed by atoms with E-state index in [0.717, 1.165) is 35.6 Å². The van der Waals surface area contributed by atoms with Gasteiger partial charge in [0, 0.05) is 12.6 Å². The number of imidazole rings is 1. The van der Waals surface area contributed by atoms with Gasteiger partial charge < -0.3 is 9.30 Å². The Morgan fingerprint density at radius 1 is 1.38 bits per heavy atom. The molecular weight excluding hydrogens is 304 g/mol. The molecule has 0 radical (unpaired) electrons. The van der Waals surface area contributed by atoms with Crippen molar-refractivity contribution in [3.63, 3.8) is 0 Å². The maximum Gasteiger partial charge on any atom is 0.127 e. The zero-order chi connectivity index (χ0) is 14.8. The number of rotatable bonds is 5. The second-order valence-corrected chi connectivity index (χ2v) is 6.41. The smallest absolute Gasteiger partial charge is 0.127 e. The van der Waals surface area contributed by atoms with E-state index in [1.54, 1.807) is 18.4 Å². The van der Waals surface area contributed by atoms with Crippen LogP contribution < -0.4 is 4.74 Å². The molecule has 2 heterocycles. The molecule has 0 spiro atoms. The topological polar surface area (TPSA) is 27.1 Å². The lowest BCUT2D eigenvalue weighted by atomic mass is 10.2. The van der Waals surface area contributed by atoms with E-state index in [2.05, 4.69) is 26.4 Å². The minimum atomic E-state index is -0.120. The summed E-state index contributed by atoms with van der Waals surface area (Å²) in [4.78, 5) is 4.67. The number of methoxy groups -OCH3 is 1. The van der Waals surface area contributed by atoms with Crippen molar-refractivity contribution >= 4 is 34.0 Å². The number of halogens is 1. The van der Waals surface area contributed by atoms with E-state index in [-0.39, 0.29) is 5.38 Å². The third kappa shape index (κ3) is 2.92. The highest BCUT2D eigenvalue weighted by Gasteiger charge is 2.15. The third-order valence-corrected chi connectivity index (χ3v) is 4.47. The van der Waals surface area contributed by atoms with Crippen molar-refractivity contribution in [3.05, 3.63) is 46.4 Å².